The number of hydrogen-bond donors (Lipinski definition) is 3. The summed E-state index contributed by atoms with van der Waals surface area (Å²) in [5, 5.41) is 9.85. The molecule has 2 atom stereocenters. The third-order valence-corrected chi connectivity index (χ3v) is 6.12. The van der Waals surface area contributed by atoms with Crippen molar-refractivity contribution in [2.24, 2.45) is 0 Å². The Morgan fingerprint density at radius 3 is 2.50 bits per heavy atom. The maximum atomic E-state index is 13.2. The van der Waals surface area contributed by atoms with E-state index in [1.54, 1.807) is 12.1 Å². The number of anilines is 2. The van der Waals surface area contributed by atoms with Gasteiger partial charge in [-0.1, -0.05) is 56.6 Å². The zero-order valence-corrected chi connectivity index (χ0v) is 20.2. The monoisotopic (exact) mass is 477 g/mol. The largest absolute Gasteiger partial charge is 0.326 e. The van der Waals surface area contributed by atoms with Crippen LogP contribution in [0.3, 0.4) is 0 Å². The first-order chi connectivity index (χ1) is 16.3. The van der Waals surface area contributed by atoms with E-state index in [1.807, 2.05) is 57.2 Å². The third-order valence-electron chi connectivity index (χ3n) is 5.87. The first kappa shape index (κ1) is 23.9. The summed E-state index contributed by atoms with van der Waals surface area (Å²) in [4.78, 5) is 33.8. The Labute approximate surface area is 204 Å². The Bertz CT molecular complexity index is 1180. The molecule has 1 aliphatic heterocycles. The Hall–Kier alpha value is -3.29. The van der Waals surface area contributed by atoms with E-state index in [0.717, 1.165) is 22.4 Å². The second-order valence-electron chi connectivity index (χ2n) is 8.87. The van der Waals surface area contributed by atoms with Crippen LogP contribution in [0.2, 0.25) is 5.02 Å². The normalized spacial score (nSPS) is 16.0. The minimum atomic E-state index is -0.363. The Kier molecular flexibility index (Phi) is 7.24. The molecule has 4 rings (SSSR count). The minimum absolute atomic E-state index is 0.0212. The summed E-state index contributed by atoms with van der Waals surface area (Å²) in [5.41, 5.74) is 4.21. The molecular weight excluding hydrogens is 450 g/mol. The lowest BCUT2D eigenvalue weighted by molar-refractivity contribution is -0.118. The van der Waals surface area contributed by atoms with Crippen molar-refractivity contribution in [3.63, 3.8) is 0 Å². The fourth-order valence-electron chi connectivity index (χ4n) is 4.11. The lowest BCUT2D eigenvalue weighted by Crippen LogP contribution is -2.34. The number of carbonyl (C=O) groups excluding carboxylic acids is 2. The third kappa shape index (κ3) is 5.43. The van der Waals surface area contributed by atoms with Crippen LogP contribution < -0.4 is 16.0 Å². The minimum Gasteiger partial charge on any atom is -0.326 e. The summed E-state index contributed by atoms with van der Waals surface area (Å²) in [5.74, 6) is 0.0871. The van der Waals surface area contributed by atoms with Crippen LogP contribution in [-0.2, 0) is 9.59 Å². The fourth-order valence-corrected chi connectivity index (χ4v) is 4.23. The summed E-state index contributed by atoms with van der Waals surface area (Å²) < 4.78 is 0. The molecule has 0 radical (unpaired) electrons. The highest BCUT2D eigenvalue weighted by Crippen LogP contribution is 2.37. The number of fused-ring (bicyclic) bond motifs is 1. The van der Waals surface area contributed by atoms with Gasteiger partial charge in [-0.3, -0.25) is 9.59 Å². The molecule has 1 aliphatic rings. The summed E-state index contributed by atoms with van der Waals surface area (Å²) in [6.45, 7) is 6.61. The van der Waals surface area contributed by atoms with Crippen LogP contribution in [0.15, 0.2) is 54.9 Å². The highest BCUT2D eigenvalue weighted by molar-refractivity contribution is 6.30. The van der Waals surface area contributed by atoms with Gasteiger partial charge in [-0.05, 0) is 35.7 Å². The Balaban J connectivity index is 1.54. The van der Waals surface area contributed by atoms with E-state index in [4.69, 9.17) is 11.6 Å². The van der Waals surface area contributed by atoms with E-state index < -0.39 is 0 Å². The van der Waals surface area contributed by atoms with Gasteiger partial charge in [0.2, 0.25) is 11.8 Å². The van der Waals surface area contributed by atoms with Crippen LogP contribution in [0.4, 0.5) is 11.5 Å². The topological polar surface area (TPSA) is 96.0 Å². The van der Waals surface area contributed by atoms with Crippen LogP contribution in [0, 0.1) is 0 Å². The molecule has 7 nitrogen and oxygen atoms in total. The molecule has 0 saturated heterocycles. The highest BCUT2D eigenvalue weighted by atomic mass is 35.5. The van der Waals surface area contributed by atoms with Gasteiger partial charge < -0.3 is 16.0 Å². The lowest BCUT2D eigenvalue weighted by atomic mass is 9.90. The van der Waals surface area contributed by atoms with Gasteiger partial charge in [-0.15, -0.1) is 0 Å². The zero-order valence-electron chi connectivity index (χ0n) is 19.4. The number of aromatic nitrogens is 2. The van der Waals surface area contributed by atoms with Gasteiger partial charge in [-0.2, -0.15) is 0 Å². The molecule has 34 heavy (non-hydrogen) atoms. The molecule has 0 fully saturated rings. The predicted octanol–water partition coefficient (Wildman–Crippen LogP) is 4.96. The molecule has 176 valence electrons. The van der Waals surface area contributed by atoms with Gasteiger partial charge in [0.15, 0.2) is 0 Å². The number of rotatable bonds is 7. The number of carbonyl (C=O) groups is 2. The summed E-state index contributed by atoms with van der Waals surface area (Å²) in [6.07, 6.45) is 1.86. The zero-order chi connectivity index (χ0) is 24.2. The van der Waals surface area contributed by atoms with Crippen LogP contribution in [0.5, 0.6) is 0 Å². The average molecular weight is 478 g/mol. The number of hydrogen-bond acceptors (Lipinski definition) is 5. The molecular formula is C26H28ClN5O2. The van der Waals surface area contributed by atoms with Gasteiger partial charge in [0.1, 0.15) is 12.1 Å². The molecule has 0 saturated carbocycles. The summed E-state index contributed by atoms with van der Waals surface area (Å²) in [6, 6.07) is 15.2. The molecule has 0 bridgehead atoms. The van der Waals surface area contributed by atoms with Crippen molar-refractivity contribution >= 4 is 34.9 Å². The molecule has 0 unspecified atom stereocenters. The molecule has 8 heteroatoms. The molecule has 0 spiro atoms. The van der Waals surface area contributed by atoms with Crippen LogP contribution in [0.25, 0.3) is 11.3 Å². The molecule has 2 aromatic carbocycles. The Morgan fingerprint density at radius 1 is 1.12 bits per heavy atom. The van der Waals surface area contributed by atoms with Crippen molar-refractivity contribution in [2.45, 2.75) is 45.1 Å². The number of benzene rings is 2. The maximum absolute atomic E-state index is 13.2. The number of nitrogens with zero attached hydrogens (tertiary/aromatic N) is 2. The van der Waals surface area contributed by atoms with Gasteiger partial charge in [0.05, 0.1) is 11.6 Å². The van der Waals surface area contributed by atoms with E-state index in [2.05, 4.69) is 25.9 Å². The first-order valence-electron chi connectivity index (χ1n) is 11.4. The van der Waals surface area contributed by atoms with Crippen molar-refractivity contribution in [3.8, 4) is 11.3 Å². The van der Waals surface area contributed by atoms with Crippen LogP contribution in [0.1, 0.15) is 50.2 Å². The van der Waals surface area contributed by atoms with Crippen molar-refractivity contribution < 1.29 is 9.59 Å². The summed E-state index contributed by atoms with van der Waals surface area (Å²) >= 11 is 6.03. The SMILES string of the molecule is CC(C)NC[C@@H](C(=O)Nc1ccc(-c2ncnc3c2[C@H](C)CC(=O)N3)cc1)c1ccc(Cl)cc1. The van der Waals surface area contributed by atoms with Gasteiger partial charge >= 0.3 is 0 Å². The predicted molar refractivity (Wildman–Crippen MR) is 135 cm³/mol. The average Bonchev–Trinajstić information content (AvgIpc) is 2.80. The van der Waals surface area contributed by atoms with Crippen LogP contribution >= 0.6 is 11.6 Å². The molecule has 1 aromatic heterocycles. The number of nitrogens with one attached hydrogen (secondary N) is 3. The van der Waals surface area contributed by atoms with Crippen molar-refractivity contribution in [2.75, 3.05) is 17.2 Å². The van der Waals surface area contributed by atoms with Crippen molar-refractivity contribution in [1.29, 1.82) is 0 Å². The number of amides is 2. The van der Waals surface area contributed by atoms with Crippen LogP contribution in [-0.4, -0.2) is 34.4 Å². The van der Waals surface area contributed by atoms with Gasteiger partial charge in [0, 0.05) is 40.8 Å². The first-order valence-corrected chi connectivity index (χ1v) is 11.7. The molecule has 0 aliphatic carbocycles. The molecule has 3 aromatic rings. The van der Waals surface area contributed by atoms with E-state index in [0.29, 0.717) is 29.5 Å². The van der Waals surface area contributed by atoms with Gasteiger partial charge in [0.25, 0.3) is 0 Å². The molecule has 2 heterocycles. The smallest absolute Gasteiger partial charge is 0.233 e. The van der Waals surface area contributed by atoms with Gasteiger partial charge in [-0.25, -0.2) is 9.97 Å². The standard InChI is InChI=1S/C26H28ClN5O2/c1-15(2)28-13-21(17-4-8-19(27)9-5-17)26(34)31-20-10-6-18(7-11-20)24-23-16(3)12-22(33)32-25(23)30-14-29-24/h4-11,14-16,21,28H,12-13H2,1-3H3,(H,31,34)(H,29,30,32,33)/t16-,21-/m1/s1. The molecule has 2 amide bonds. The van der Waals surface area contributed by atoms with E-state index in [9.17, 15) is 9.59 Å². The summed E-state index contributed by atoms with van der Waals surface area (Å²) in [7, 11) is 0. The van der Waals surface area contributed by atoms with Crippen molar-refractivity contribution in [3.05, 3.63) is 71.0 Å². The quantitative estimate of drug-likeness (QED) is 0.446. The Morgan fingerprint density at radius 2 is 1.82 bits per heavy atom. The van der Waals surface area contributed by atoms with E-state index >= 15 is 0 Å². The van der Waals surface area contributed by atoms with E-state index in [-0.39, 0.29) is 29.7 Å². The molecule has 3 N–H and O–H groups in total. The lowest BCUT2D eigenvalue weighted by Gasteiger charge is -2.23. The fraction of sp³-hybridized carbons (Fsp3) is 0.308. The second-order valence-corrected chi connectivity index (χ2v) is 9.31. The maximum Gasteiger partial charge on any atom is 0.233 e. The van der Waals surface area contributed by atoms with Crippen molar-refractivity contribution in [1.82, 2.24) is 15.3 Å². The number of halogens is 1. The van der Waals surface area contributed by atoms with E-state index in [1.165, 1.54) is 6.33 Å². The highest BCUT2D eigenvalue weighted by Gasteiger charge is 2.27. The second kappa shape index (κ2) is 10.3.